The molecule has 0 aliphatic heterocycles. The summed E-state index contributed by atoms with van der Waals surface area (Å²) in [7, 11) is 0. The minimum absolute atomic E-state index is 0.539. The summed E-state index contributed by atoms with van der Waals surface area (Å²) in [6, 6.07) is 11.8. The lowest BCUT2D eigenvalue weighted by molar-refractivity contribution is 1.39. The van der Waals surface area contributed by atoms with Gasteiger partial charge in [0.15, 0.2) is 5.11 Å². The predicted octanol–water partition coefficient (Wildman–Crippen LogP) is 5.53. The van der Waals surface area contributed by atoms with Gasteiger partial charge in [-0.2, -0.15) is 0 Å². The first-order valence-corrected chi connectivity index (χ1v) is 7.64. The van der Waals surface area contributed by atoms with E-state index in [9.17, 15) is 0 Å². The number of thiocarbonyl (C=S) groups is 1. The van der Waals surface area contributed by atoms with E-state index in [1.165, 1.54) is 5.56 Å². The lowest BCUT2D eigenvalue weighted by Crippen LogP contribution is -2.19. The molecule has 0 fully saturated rings. The molecule has 0 aliphatic carbocycles. The molecular weight excluding hydrogens is 356 g/mol. The highest BCUT2D eigenvalue weighted by atomic mass is 79.9. The third-order valence-corrected chi connectivity index (χ3v) is 4.26. The SMILES string of the molecule is Cc1ccc(C)c(NC(=S)Nc2ccc(Br)c(Cl)c2)c1. The molecule has 2 aromatic rings. The van der Waals surface area contributed by atoms with Crippen LogP contribution in [0.15, 0.2) is 40.9 Å². The molecule has 0 aromatic heterocycles. The topological polar surface area (TPSA) is 24.1 Å². The van der Waals surface area contributed by atoms with Crippen molar-refractivity contribution in [2.45, 2.75) is 13.8 Å². The average Bonchev–Trinajstić information content (AvgIpc) is 2.38. The molecule has 0 spiro atoms. The maximum atomic E-state index is 6.05. The first-order valence-electron chi connectivity index (χ1n) is 6.06. The van der Waals surface area contributed by atoms with Crippen molar-refractivity contribution in [2.75, 3.05) is 10.6 Å². The molecule has 104 valence electrons. The summed E-state index contributed by atoms with van der Waals surface area (Å²) in [5.74, 6) is 0. The van der Waals surface area contributed by atoms with Gasteiger partial charge < -0.3 is 10.6 Å². The maximum absolute atomic E-state index is 6.05. The van der Waals surface area contributed by atoms with Crippen molar-refractivity contribution in [3.63, 3.8) is 0 Å². The molecule has 0 saturated heterocycles. The number of hydrogen-bond acceptors (Lipinski definition) is 1. The first kappa shape index (κ1) is 15.3. The summed E-state index contributed by atoms with van der Waals surface area (Å²) >= 11 is 14.7. The normalized spacial score (nSPS) is 10.2. The molecule has 0 bridgehead atoms. The minimum atomic E-state index is 0.539. The van der Waals surface area contributed by atoms with Crippen LogP contribution in [0.3, 0.4) is 0 Å². The molecule has 0 unspecified atom stereocenters. The zero-order valence-electron chi connectivity index (χ0n) is 11.1. The first-order chi connectivity index (χ1) is 9.45. The zero-order valence-corrected chi connectivity index (χ0v) is 14.3. The minimum Gasteiger partial charge on any atom is -0.332 e. The number of halogens is 2. The van der Waals surface area contributed by atoms with E-state index in [1.807, 2.05) is 25.1 Å². The Morgan fingerprint density at radius 2 is 1.85 bits per heavy atom. The van der Waals surface area contributed by atoms with Crippen molar-refractivity contribution < 1.29 is 0 Å². The molecule has 20 heavy (non-hydrogen) atoms. The van der Waals surface area contributed by atoms with Crippen molar-refractivity contribution in [2.24, 2.45) is 0 Å². The Balaban J connectivity index is 2.09. The van der Waals surface area contributed by atoms with Gasteiger partial charge in [-0.1, -0.05) is 23.7 Å². The van der Waals surface area contributed by atoms with Crippen molar-refractivity contribution in [3.05, 3.63) is 57.0 Å². The van der Waals surface area contributed by atoms with Gasteiger partial charge in [-0.25, -0.2) is 0 Å². The van der Waals surface area contributed by atoms with E-state index in [1.54, 1.807) is 0 Å². The van der Waals surface area contributed by atoms with Gasteiger partial charge in [0.2, 0.25) is 0 Å². The molecule has 2 aromatic carbocycles. The third kappa shape index (κ3) is 3.95. The Hall–Kier alpha value is -1.10. The largest absolute Gasteiger partial charge is 0.332 e. The highest BCUT2D eigenvalue weighted by Gasteiger charge is 2.04. The summed E-state index contributed by atoms with van der Waals surface area (Å²) in [5, 5.41) is 7.50. The van der Waals surface area contributed by atoms with E-state index in [4.69, 9.17) is 23.8 Å². The van der Waals surface area contributed by atoms with E-state index in [-0.39, 0.29) is 0 Å². The second kappa shape index (κ2) is 6.57. The van der Waals surface area contributed by atoms with Crippen molar-refractivity contribution >= 4 is 56.2 Å². The molecule has 5 heteroatoms. The van der Waals surface area contributed by atoms with E-state index in [0.717, 1.165) is 21.4 Å². The average molecular weight is 370 g/mol. The monoisotopic (exact) mass is 368 g/mol. The summed E-state index contributed by atoms with van der Waals surface area (Å²) in [4.78, 5) is 0. The fourth-order valence-electron chi connectivity index (χ4n) is 1.73. The Labute approximate surface area is 137 Å². The smallest absolute Gasteiger partial charge is 0.175 e. The Kier molecular flexibility index (Phi) is 5.02. The molecule has 0 aliphatic rings. The van der Waals surface area contributed by atoms with Crippen molar-refractivity contribution in [3.8, 4) is 0 Å². The molecule has 0 amide bonds. The molecule has 2 N–H and O–H groups in total. The molecular formula is C15H14BrClN2S. The number of nitrogens with one attached hydrogen (secondary N) is 2. The van der Waals surface area contributed by atoms with Gasteiger partial charge in [0.1, 0.15) is 0 Å². The fourth-order valence-corrected chi connectivity index (χ4v) is 2.38. The van der Waals surface area contributed by atoms with Crippen LogP contribution in [-0.4, -0.2) is 5.11 Å². The Morgan fingerprint density at radius 1 is 1.10 bits per heavy atom. The van der Waals surface area contributed by atoms with Crippen molar-refractivity contribution in [1.29, 1.82) is 0 Å². The van der Waals surface area contributed by atoms with Crippen LogP contribution in [0.25, 0.3) is 0 Å². The molecule has 0 heterocycles. The number of hydrogen-bond donors (Lipinski definition) is 2. The van der Waals surface area contributed by atoms with Gasteiger partial charge in [0.25, 0.3) is 0 Å². The van der Waals surface area contributed by atoms with Gasteiger partial charge in [0.05, 0.1) is 5.02 Å². The highest BCUT2D eigenvalue weighted by Crippen LogP contribution is 2.25. The second-order valence-corrected chi connectivity index (χ2v) is 6.20. The second-order valence-electron chi connectivity index (χ2n) is 4.53. The van der Waals surface area contributed by atoms with Crippen LogP contribution in [0.4, 0.5) is 11.4 Å². The molecule has 0 radical (unpaired) electrons. The molecule has 0 saturated carbocycles. The van der Waals surface area contributed by atoms with Crippen molar-refractivity contribution in [1.82, 2.24) is 0 Å². The summed E-state index contributed by atoms with van der Waals surface area (Å²) in [5.41, 5.74) is 4.19. The van der Waals surface area contributed by atoms with Crippen LogP contribution < -0.4 is 10.6 Å². The zero-order chi connectivity index (χ0) is 14.7. The molecule has 2 nitrogen and oxygen atoms in total. The number of anilines is 2. The Morgan fingerprint density at radius 3 is 2.55 bits per heavy atom. The summed E-state index contributed by atoms with van der Waals surface area (Å²) < 4.78 is 0.859. The quantitative estimate of drug-likeness (QED) is 0.681. The van der Waals surface area contributed by atoms with Crippen LogP contribution in [0.5, 0.6) is 0 Å². The predicted molar refractivity (Wildman–Crippen MR) is 94.9 cm³/mol. The summed E-state index contributed by atoms with van der Waals surface area (Å²) in [6.07, 6.45) is 0. The van der Waals surface area contributed by atoms with Gasteiger partial charge in [-0.15, -0.1) is 0 Å². The third-order valence-electron chi connectivity index (χ3n) is 2.82. The van der Waals surface area contributed by atoms with Gasteiger partial charge in [-0.05, 0) is 77.4 Å². The van der Waals surface area contributed by atoms with Crippen LogP contribution in [0.1, 0.15) is 11.1 Å². The van der Waals surface area contributed by atoms with Crippen LogP contribution in [0.2, 0.25) is 5.02 Å². The van der Waals surface area contributed by atoms with Gasteiger partial charge >= 0.3 is 0 Å². The van der Waals surface area contributed by atoms with Crippen LogP contribution in [0, 0.1) is 13.8 Å². The number of aryl methyl sites for hydroxylation is 2. The molecule has 0 atom stereocenters. The summed E-state index contributed by atoms with van der Waals surface area (Å²) in [6.45, 7) is 4.09. The van der Waals surface area contributed by atoms with E-state index in [2.05, 4.69) is 51.7 Å². The van der Waals surface area contributed by atoms with E-state index >= 15 is 0 Å². The van der Waals surface area contributed by atoms with Crippen LogP contribution >= 0.6 is 39.7 Å². The standard InChI is InChI=1S/C15H14BrClN2S/c1-9-3-4-10(2)14(7-9)19-15(20)18-11-5-6-12(16)13(17)8-11/h3-8H,1-2H3,(H2,18,19,20). The number of rotatable bonds is 2. The molecule has 2 rings (SSSR count). The van der Waals surface area contributed by atoms with Crippen LogP contribution in [-0.2, 0) is 0 Å². The van der Waals surface area contributed by atoms with Gasteiger partial charge in [-0.3, -0.25) is 0 Å². The lowest BCUT2D eigenvalue weighted by Gasteiger charge is -2.13. The lowest BCUT2D eigenvalue weighted by atomic mass is 10.1. The van der Waals surface area contributed by atoms with E-state index in [0.29, 0.717) is 10.1 Å². The van der Waals surface area contributed by atoms with E-state index < -0.39 is 0 Å². The number of benzene rings is 2. The van der Waals surface area contributed by atoms with Gasteiger partial charge in [0, 0.05) is 15.8 Å². The Bertz CT molecular complexity index is 658. The fraction of sp³-hybridized carbons (Fsp3) is 0.133. The maximum Gasteiger partial charge on any atom is 0.175 e. The highest BCUT2D eigenvalue weighted by molar-refractivity contribution is 9.10.